The highest BCUT2D eigenvalue weighted by Crippen LogP contribution is 2.28. The highest BCUT2D eigenvalue weighted by Gasteiger charge is 2.14. The molecule has 1 N–H and O–H groups in total. The highest BCUT2D eigenvalue weighted by atomic mass is 35.5. The Morgan fingerprint density at radius 2 is 1.85 bits per heavy atom. The molecule has 0 unspecified atom stereocenters. The number of aryl methyl sites for hydroxylation is 2. The lowest BCUT2D eigenvalue weighted by Crippen LogP contribution is -1.97. The van der Waals surface area contributed by atoms with Gasteiger partial charge in [-0.05, 0) is 37.1 Å². The van der Waals surface area contributed by atoms with Gasteiger partial charge in [-0.3, -0.25) is 0 Å². The van der Waals surface area contributed by atoms with Gasteiger partial charge >= 0.3 is 0 Å². The van der Waals surface area contributed by atoms with Gasteiger partial charge in [-0.2, -0.15) is 5.10 Å². The van der Waals surface area contributed by atoms with E-state index in [4.69, 9.17) is 11.6 Å². The molecule has 20 heavy (non-hydrogen) atoms. The number of benzene rings is 1. The summed E-state index contributed by atoms with van der Waals surface area (Å²) in [5.74, 6) is -0.241. The van der Waals surface area contributed by atoms with Crippen LogP contribution >= 0.6 is 11.6 Å². The summed E-state index contributed by atoms with van der Waals surface area (Å²) < 4.78 is 12.9. The van der Waals surface area contributed by atoms with E-state index in [0.717, 1.165) is 33.4 Å². The van der Waals surface area contributed by atoms with Crippen molar-refractivity contribution in [3.63, 3.8) is 0 Å². The second-order valence-corrected chi connectivity index (χ2v) is 5.22. The van der Waals surface area contributed by atoms with Gasteiger partial charge in [0.2, 0.25) is 0 Å². The van der Waals surface area contributed by atoms with Gasteiger partial charge in [0.15, 0.2) is 5.15 Å². The number of nitrogens with one attached hydrogen (secondary N) is 1. The van der Waals surface area contributed by atoms with Gasteiger partial charge in [0.25, 0.3) is 0 Å². The van der Waals surface area contributed by atoms with E-state index in [2.05, 4.69) is 15.2 Å². The molecule has 1 aromatic carbocycles. The number of aromatic amines is 1. The Kier molecular flexibility index (Phi) is 3.18. The molecular formula is C15H13ClFN3. The zero-order valence-electron chi connectivity index (χ0n) is 11.2. The molecule has 0 atom stereocenters. The molecule has 0 radical (unpaired) electrons. The van der Waals surface area contributed by atoms with Gasteiger partial charge < -0.3 is 4.98 Å². The summed E-state index contributed by atoms with van der Waals surface area (Å²) in [6, 6.07) is 6.41. The second-order valence-electron chi connectivity index (χ2n) is 4.87. The van der Waals surface area contributed by atoms with Crippen LogP contribution in [0.4, 0.5) is 4.39 Å². The fourth-order valence-electron chi connectivity index (χ4n) is 2.36. The molecule has 3 aromatic rings. The summed E-state index contributed by atoms with van der Waals surface area (Å²) in [5.41, 5.74) is 4.82. The average molecular weight is 290 g/mol. The predicted molar refractivity (Wildman–Crippen MR) is 77.6 cm³/mol. The number of rotatable bonds is 2. The molecular weight excluding hydrogens is 277 g/mol. The topological polar surface area (TPSA) is 41.6 Å². The first-order chi connectivity index (χ1) is 9.56. The Morgan fingerprint density at radius 3 is 2.55 bits per heavy atom. The zero-order valence-corrected chi connectivity index (χ0v) is 11.9. The second kappa shape index (κ2) is 4.87. The molecule has 3 rings (SSSR count). The highest BCUT2D eigenvalue weighted by molar-refractivity contribution is 6.33. The smallest absolute Gasteiger partial charge is 0.175 e. The van der Waals surface area contributed by atoms with Gasteiger partial charge in [0.1, 0.15) is 5.82 Å². The van der Waals surface area contributed by atoms with Crippen LogP contribution in [-0.4, -0.2) is 15.2 Å². The molecule has 2 heterocycles. The first kappa shape index (κ1) is 13.1. The molecule has 0 saturated carbocycles. The fourth-order valence-corrected chi connectivity index (χ4v) is 2.54. The molecule has 0 spiro atoms. The Balaban J connectivity index is 2.12. The maximum Gasteiger partial charge on any atom is 0.175 e. The summed E-state index contributed by atoms with van der Waals surface area (Å²) in [6.45, 7) is 4.02. The van der Waals surface area contributed by atoms with E-state index >= 15 is 0 Å². The number of hydrogen-bond donors (Lipinski definition) is 1. The third-order valence-electron chi connectivity index (χ3n) is 3.54. The van der Waals surface area contributed by atoms with Crippen molar-refractivity contribution < 1.29 is 4.39 Å². The van der Waals surface area contributed by atoms with Crippen LogP contribution < -0.4 is 0 Å². The molecule has 0 saturated heterocycles. The minimum absolute atomic E-state index is 0.241. The van der Waals surface area contributed by atoms with Gasteiger partial charge in [0, 0.05) is 17.5 Å². The van der Waals surface area contributed by atoms with Crippen LogP contribution in [0.5, 0.6) is 0 Å². The summed E-state index contributed by atoms with van der Waals surface area (Å²) in [5, 5.41) is 9.57. The zero-order chi connectivity index (χ0) is 14.3. The largest absolute Gasteiger partial charge is 0.356 e. The Hall–Kier alpha value is -1.94. The van der Waals surface area contributed by atoms with Gasteiger partial charge in [0.05, 0.1) is 11.2 Å². The Morgan fingerprint density at radius 1 is 1.15 bits per heavy atom. The lowest BCUT2D eigenvalue weighted by atomic mass is 10.0. The van der Waals surface area contributed by atoms with E-state index in [1.807, 2.05) is 13.8 Å². The van der Waals surface area contributed by atoms with Crippen LogP contribution in [-0.2, 0) is 6.42 Å². The van der Waals surface area contributed by atoms with Crippen molar-refractivity contribution in [2.45, 2.75) is 20.3 Å². The van der Waals surface area contributed by atoms with Crippen LogP contribution in [0.15, 0.2) is 24.3 Å². The van der Waals surface area contributed by atoms with Crippen molar-refractivity contribution in [3.05, 3.63) is 57.8 Å². The van der Waals surface area contributed by atoms with E-state index in [1.54, 1.807) is 12.1 Å². The van der Waals surface area contributed by atoms with Gasteiger partial charge in [-0.1, -0.05) is 23.7 Å². The molecule has 3 nitrogen and oxygen atoms in total. The first-order valence-corrected chi connectivity index (χ1v) is 6.68. The van der Waals surface area contributed by atoms with Crippen molar-refractivity contribution in [2.24, 2.45) is 0 Å². The summed E-state index contributed by atoms with van der Waals surface area (Å²) in [7, 11) is 0. The predicted octanol–water partition coefficient (Wildman–Crippen LogP) is 3.96. The lowest BCUT2D eigenvalue weighted by molar-refractivity contribution is 0.627. The summed E-state index contributed by atoms with van der Waals surface area (Å²) in [6.07, 6.45) is 0.596. The van der Waals surface area contributed by atoms with Crippen molar-refractivity contribution in [1.82, 2.24) is 15.2 Å². The van der Waals surface area contributed by atoms with E-state index < -0.39 is 0 Å². The van der Waals surface area contributed by atoms with Crippen LogP contribution in [0, 0.1) is 19.7 Å². The minimum atomic E-state index is -0.241. The number of nitrogens with zero attached hydrogens (tertiary/aromatic N) is 2. The molecule has 0 aliphatic carbocycles. The van der Waals surface area contributed by atoms with Crippen LogP contribution in [0.2, 0.25) is 5.15 Å². The lowest BCUT2D eigenvalue weighted by Gasteiger charge is -2.04. The van der Waals surface area contributed by atoms with E-state index in [9.17, 15) is 4.39 Å². The standard InChI is InChI=1S/C15H13ClFN3/c1-8-9(2)18-14-13(8)12(19-20-15(14)16)7-10-3-5-11(17)6-4-10/h3-6,18H,7H2,1-2H3. The number of H-pyrrole nitrogens is 1. The van der Waals surface area contributed by atoms with Crippen molar-refractivity contribution in [3.8, 4) is 0 Å². The molecule has 0 aliphatic heterocycles. The van der Waals surface area contributed by atoms with E-state index in [0.29, 0.717) is 11.6 Å². The monoisotopic (exact) mass is 289 g/mol. The number of hydrogen-bond acceptors (Lipinski definition) is 2. The minimum Gasteiger partial charge on any atom is -0.356 e. The summed E-state index contributed by atoms with van der Waals surface area (Å²) >= 11 is 6.08. The van der Waals surface area contributed by atoms with Gasteiger partial charge in [-0.25, -0.2) is 4.39 Å². The van der Waals surface area contributed by atoms with Gasteiger partial charge in [-0.15, -0.1) is 5.10 Å². The average Bonchev–Trinajstić information content (AvgIpc) is 2.73. The maximum atomic E-state index is 12.9. The van der Waals surface area contributed by atoms with E-state index in [1.165, 1.54) is 12.1 Å². The molecule has 102 valence electrons. The normalized spacial score (nSPS) is 11.2. The molecule has 2 aromatic heterocycles. The Labute approximate surface area is 120 Å². The molecule has 5 heteroatoms. The molecule has 0 bridgehead atoms. The first-order valence-electron chi connectivity index (χ1n) is 6.30. The van der Waals surface area contributed by atoms with Crippen LogP contribution in [0.25, 0.3) is 10.9 Å². The van der Waals surface area contributed by atoms with Crippen molar-refractivity contribution >= 4 is 22.5 Å². The molecule has 0 fully saturated rings. The Bertz CT molecular complexity index is 778. The quantitative estimate of drug-likeness (QED) is 0.776. The third-order valence-corrected chi connectivity index (χ3v) is 3.80. The maximum absolute atomic E-state index is 12.9. The van der Waals surface area contributed by atoms with Crippen molar-refractivity contribution in [1.29, 1.82) is 0 Å². The third kappa shape index (κ3) is 2.16. The fraction of sp³-hybridized carbons (Fsp3) is 0.200. The molecule has 0 amide bonds. The van der Waals surface area contributed by atoms with Crippen LogP contribution in [0.3, 0.4) is 0 Å². The number of aromatic nitrogens is 3. The van der Waals surface area contributed by atoms with E-state index in [-0.39, 0.29) is 5.82 Å². The van der Waals surface area contributed by atoms with Crippen LogP contribution in [0.1, 0.15) is 22.5 Å². The number of halogens is 2. The van der Waals surface area contributed by atoms with Crippen molar-refractivity contribution in [2.75, 3.05) is 0 Å². The number of fused-ring (bicyclic) bond motifs is 1. The molecule has 0 aliphatic rings. The summed E-state index contributed by atoms with van der Waals surface area (Å²) in [4.78, 5) is 3.24. The SMILES string of the molecule is Cc1[nH]c2c(Cl)nnc(Cc3ccc(F)cc3)c2c1C.